The van der Waals surface area contributed by atoms with E-state index < -0.39 is 0 Å². The second kappa shape index (κ2) is 11.5. The van der Waals surface area contributed by atoms with Gasteiger partial charge in [-0.1, -0.05) is 30.3 Å². The van der Waals surface area contributed by atoms with Gasteiger partial charge in [0.1, 0.15) is 0 Å². The van der Waals surface area contributed by atoms with E-state index in [2.05, 4.69) is 32.3 Å². The summed E-state index contributed by atoms with van der Waals surface area (Å²) in [5.41, 5.74) is 3.57. The lowest BCUT2D eigenvalue weighted by molar-refractivity contribution is -0.116. The van der Waals surface area contributed by atoms with Crippen molar-refractivity contribution in [2.24, 2.45) is 4.99 Å². The SMILES string of the molecule is CCNC(=NCc1cccc(C(=O)NC)c1)NCC1CC(=O)Nc2ccccc21.I. The maximum absolute atomic E-state index is 12.0. The molecule has 0 aromatic heterocycles. The lowest BCUT2D eigenvalue weighted by Crippen LogP contribution is -2.40. The monoisotopic (exact) mass is 521 g/mol. The number of aliphatic imine (C=N–C) groups is 1. The van der Waals surface area contributed by atoms with Gasteiger partial charge in [-0.3, -0.25) is 9.59 Å². The molecular weight excluding hydrogens is 493 g/mol. The molecule has 0 bridgehead atoms. The smallest absolute Gasteiger partial charge is 0.251 e. The van der Waals surface area contributed by atoms with Crippen LogP contribution in [0.1, 0.15) is 40.7 Å². The van der Waals surface area contributed by atoms with Crippen molar-refractivity contribution in [2.75, 3.05) is 25.5 Å². The van der Waals surface area contributed by atoms with E-state index in [1.165, 1.54) is 0 Å². The Labute approximate surface area is 194 Å². The van der Waals surface area contributed by atoms with Crippen molar-refractivity contribution in [3.05, 3.63) is 65.2 Å². The van der Waals surface area contributed by atoms with Gasteiger partial charge in [-0.25, -0.2) is 4.99 Å². The Kier molecular flexibility index (Phi) is 9.10. The molecule has 4 N–H and O–H groups in total. The number of nitrogens with zero attached hydrogens (tertiary/aromatic N) is 1. The molecule has 3 rings (SSSR count). The summed E-state index contributed by atoms with van der Waals surface area (Å²) >= 11 is 0. The highest BCUT2D eigenvalue weighted by molar-refractivity contribution is 14.0. The van der Waals surface area contributed by atoms with E-state index in [9.17, 15) is 9.59 Å². The van der Waals surface area contributed by atoms with Gasteiger partial charge >= 0.3 is 0 Å². The molecule has 1 atom stereocenters. The van der Waals surface area contributed by atoms with Crippen molar-refractivity contribution < 1.29 is 9.59 Å². The molecule has 2 aromatic carbocycles. The average Bonchev–Trinajstić information content (AvgIpc) is 2.75. The summed E-state index contributed by atoms with van der Waals surface area (Å²) < 4.78 is 0. The van der Waals surface area contributed by atoms with Crippen molar-refractivity contribution in [2.45, 2.75) is 25.8 Å². The Morgan fingerprint density at radius 1 is 1.17 bits per heavy atom. The quantitative estimate of drug-likeness (QED) is 0.267. The lowest BCUT2D eigenvalue weighted by atomic mass is 9.90. The molecule has 7 nitrogen and oxygen atoms in total. The number of anilines is 1. The molecule has 30 heavy (non-hydrogen) atoms. The molecule has 0 saturated carbocycles. The van der Waals surface area contributed by atoms with Crippen LogP contribution in [-0.4, -0.2) is 37.9 Å². The van der Waals surface area contributed by atoms with Crippen molar-refractivity contribution in [3.8, 4) is 0 Å². The fourth-order valence-electron chi connectivity index (χ4n) is 3.37. The van der Waals surface area contributed by atoms with Crippen LogP contribution in [0.3, 0.4) is 0 Å². The standard InChI is InChI=1S/C22H27N5O2.HI/c1-3-24-22(25-13-15-7-6-8-16(11-15)21(29)23-2)26-14-17-12-20(28)27-19-10-5-4-9-18(17)19;/h4-11,17H,3,12-14H2,1-2H3,(H,23,29)(H,27,28)(H2,24,25,26);1H. The van der Waals surface area contributed by atoms with Crippen LogP contribution in [0.5, 0.6) is 0 Å². The van der Waals surface area contributed by atoms with Gasteiger partial charge in [0, 0.05) is 43.7 Å². The summed E-state index contributed by atoms with van der Waals surface area (Å²) in [5, 5.41) is 12.1. The normalized spacial score (nSPS) is 15.3. The number of nitrogens with one attached hydrogen (secondary N) is 4. The minimum Gasteiger partial charge on any atom is -0.357 e. The summed E-state index contributed by atoms with van der Waals surface area (Å²) in [6.45, 7) is 3.79. The molecule has 0 saturated heterocycles. The van der Waals surface area contributed by atoms with Crippen LogP contribution in [0, 0.1) is 0 Å². The summed E-state index contributed by atoms with van der Waals surface area (Å²) in [5.74, 6) is 0.681. The Balaban J connectivity index is 0.00000320. The van der Waals surface area contributed by atoms with Crippen LogP contribution in [0.4, 0.5) is 5.69 Å². The molecule has 0 spiro atoms. The molecule has 1 unspecified atom stereocenters. The zero-order valence-electron chi connectivity index (χ0n) is 17.2. The Bertz CT molecular complexity index is 916. The summed E-state index contributed by atoms with van der Waals surface area (Å²) in [6, 6.07) is 15.3. The van der Waals surface area contributed by atoms with Gasteiger partial charge in [0.25, 0.3) is 5.91 Å². The number of rotatable bonds is 6. The van der Waals surface area contributed by atoms with Crippen LogP contribution >= 0.6 is 24.0 Å². The molecule has 1 aliphatic heterocycles. The van der Waals surface area contributed by atoms with Gasteiger partial charge in [0.05, 0.1) is 6.54 Å². The minimum absolute atomic E-state index is 0. The van der Waals surface area contributed by atoms with Crippen LogP contribution in [0.25, 0.3) is 0 Å². The number of halogens is 1. The minimum atomic E-state index is -0.116. The summed E-state index contributed by atoms with van der Waals surface area (Å²) in [6.07, 6.45) is 0.442. The van der Waals surface area contributed by atoms with Crippen LogP contribution < -0.4 is 21.3 Å². The van der Waals surface area contributed by atoms with Crippen molar-refractivity contribution in [1.82, 2.24) is 16.0 Å². The van der Waals surface area contributed by atoms with Crippen molar-refractivity contribution in [3.63, 3.8) is 0 Å². The molecule has 0 aliphatic carbocycles. The first-order valence-electron chi connectivity index (χ1n) is 9.82. The first kappa shape index (κ1) is 23.7. The van der Waals surface area contributed by atoms with E-state index in [0.29, 0.717) is 31.0 Å². The number of benzene rings is 2. The third kappa shape index (κ3) is 6.19. The van der Waals surface area contributed by atoms with Crippen LogP contribution in [0.15, 0.2) is 53.5 Å². The molecular formula is C22H28IN5O2. The second-order valence-corrected chi connectivity index (χ2v) is 6.89. The van der Waals surface area contributed by atoms with Crippen LogP contribution in [0.2, 0.25) is 0 Å². The predicted molar refractivity (Wildman–Crippen MR) is 130 cm³/mol. The van der Waals surface area contributed by atoms with Crippen molar-refractivity contribution in [1.29, 1.82) is 0 Å². The number of hydrogen-bond donors (Lipinski definition) is 4. The molecule has 1 aliphatic rings. The average molecular weight is 521 g/mol. The molecule has 1 heterocycles. The molecule has 2 aromatic rings. The number of carbonyl (C=O) groups is 2. The topological polar surface area (TPSA) is 94.6 Å². The summed E-state index contributed by atoms with van der Waals surface area (Å²) in [4.78, 5) is 28.4. The van der Waals surface area contributed by atoms with Gasteiger partial charge in [-0.15, -0.1) is 24.0 Å². The third-order valence-corrected chi connectivity index (χ3v) is 4.80. The highest BCUT2D eigenvalue weighted by atomic mass is 127. The second-order valence-electron chi connectivity index (χ2n) is 6.89. The number of para-hydroxylation sites is 1. The predicted octanol–water partition coefficient (Wildman–Crippen LogP) is 2.85. The molecule has 8 heteroatoms. The molecule has 0 radical (unpaired) electrons. The first-order valence-corrected chi connectivity index (χ1v) is 9.82. The largest absolute Gasteiger partial charge is 0.357 e. The Morgan fingerprint density at radius 3 is 2.73 bits per heavy atom. The van der Waals surface area contributed by atoms with Gasteiger partial charge in [-0.2, -0.15) is 0 Å². The van der Waals surface area contributed by atoms with Gasteiger partial charge in [0.2, 0.25) is 5.91 Å². The zero-order valence-corrected chi connectivity index (χ0v) is 19.5. The maximum atomic E-state index is 12.0. The number of amides is 2. The third-order valence-electron chi connectivity index (χ3n) is 4.80. The van der Waals surface area contributed by atoms with Gasteiger partial charge in [0.15, 0.2) is 5.96 Å². The Hall–Kier alpha value is -2.62. The summed E-state index contributed by atoms with van der Waals surface area (Å²) in [7, 11) is 1.62. The fourth-order valence-corrected chi connectivity index (χ4v) is 3.37. The van der Waals surface area contributed by atoms with E-state index in [1.807, 2.05) is 43.3 Å². The number of carbonyl (C=O) groups excluding carboxylic acids is 2. The molecule has 2 amide bonds. The number of fused-ring (bicyclic) bond motifs is 1. The van der Waals surface area contributed by atoms with Crippen LogP contribution in [-0.2, 0) is 11.3 Å². The lowest BCUT2D eigenvalue weighted by Gasteiger charge is -2.26. The van der Waals surface area contributed by atoms with E-state index in [0.717, 1.165) is 23.4 Å². The number of hydrogen-bond acceptors (Lipinski definition) is 3. The fraction of sp³-hybridized carbons (Fsp3) is 0.318. The number of guanidine groups is 1. The zero-order chi connectivity index (χ0) is 20.6. The van der Waals surface area contributed by atoms with Gasteiger partial charge < -0.3 is 21.3 Å². The molecule has 0 fully saturated rings. The van der Waals surface area contributed by atoms with E-state index in [4.69, 9.17) is 0 Å². The Morgan fingerprint density at radius 2 is 1.97 bits per heavy atom. The van der Waals surface area contributed by atoms with E-state index in [1.54, 1.807) is 13.1 Å². The first-order chi connectivity index (χ1) is 14.1. The van der Waals surface area contributed by atoms with Gasteiger partial charge in [-0.05, 0) is 36.2 Å². The van der Waals surface area contributed by atoms with Crippen molar-refractivity contribution >= 4 is 47.4 Å². The maximum Gasteiger partial charge on any atom is 0.251 e. The van der Waals surface area contributed by atoms with E-state index >= 15 is 0 Å². The molecule has 160 valence electrons. The van der Waals surface area contributed by atoms with E-state index in [-0.39, 0.29) is 41.7 Å². The highest BCUT2D eigenvalue weighted by Crippen LogP contribution is 2.31. The highest BCUT2D eigenvalue weighted by Gasteiger charge is 2.24.